The molecule has 2 amide bonds. The highest BCUT2D eigenvalue weighted by molar-refractivity contribution is 8.26. The van der Waals surface area contributed by atoms with Gasteiger partial charge in [-0.15, -0.1) is 0 Å². The Morgan fingerprint density at radius 3 is 2.71 bits per heavy atom. The van der Waals surface area contributed by atoms with Gasteiger partial charge in [0.15, 0.2) is 9.84 Å². The van der Waals surface area contributed by atoms with Crippen molar-refractivity contribution in [2.75, 3.05) is 11.5 Å². The number of hydrogen-bond acceptors (Lipinski definition) is 6. The van der Waals surface area contributed by atoms with Crippen molar-refractivity contribution in [1.29, 1.82) is 0 Å². The van der Waals surface area contributed by atoms with Crippen LogP contribution in [-0.4, -0.2) is 53.0 Å². The highest BCUT2D eigenvalue weighted by Gasteiger charge is 2.39. The molecule has 148 valence electrons. The summed E-state index contributed by atoms with van der Waals surface area (Å²) in [6.45, 7) is 1.59. The van der Waals surface area contributed by atoms with Crippen LogP contribution in [0.2, 0.25) is 0 Å². The van der Waals surface area contributed by atoms with Crippen molar-refractivity contribution in [2.24, 2.45) is 0 Å². The molecule has 2 aliphatic rings. The van der Waals surface area contributed by atoms with Crippen molar-refractivity contribution in [3.05, 3.63) is 53.0 Å². The van der Waals surface area contributed by atoms with Crippen LogP contribution in [0.1, 0.15) is 18.9 Å². The lowest BCUT2D eigenvalue weighted by molar-refractivity contribution is -0.132. The molecule has 1 aromatic rings. The molecule has 0 aliphatic carbocycles. The number of sulfone groups is 1. The van der Waals surface area contributed by atoms with E-state index in [2.05, 4.69) is 5.32 Å². The molecule has 3 rings (SSSR count). The number of carbonyl (C=O) groups is 2. The first-order valence-corrected chi connectivity index (χ1v) is 11.8. The normalized spacial score (nSPS) is 24.2. The Hall–Kier alpha value is -1.97. The predicted molar refractivity (Wildman–Crippen MR) is 115 cm³/mol. The van der Waals surface area contributed by atoms with Crippen LogP contribution in [0.5, 0.6) is 0 Å². The van der Waals surface area contributed by atoms with Gasteiger partial charge < -0.3 is 5.32 Å². The minimum atomic E-state index is -3.09. The number of nitrogens with one attached hydrogen (secondary N) is 1. The Morgan fingerprint density at radius 2 is 2.07 bits per heavy atom. The molecule has 0 bridgehead atoms. The number of thioether (sulfide) groups is 1. The number of carbonyl (C=O) groups excluding carboxylic acids is 2. The number of allylic oxidation sites excluding steroid dienone is 2. The zero-order valence-corrected chi connectivity index (χ0v) is 17.6. The highest BCUT2D eigenvalue weighted by Crippen LogP contribution is 2.32. The van der Waals surface area contributed by atoms with Crippen LogP contribution >= 0.6 is 24.0 Å². The van der Waals surface area contributed by atoms with Crippen molar-refractivity contribution in [1.82, 2.24) is 10.2 Å². The molecule has 2 atom stereocenters. The van der Waals surface area contributed by atoms with Crippen LogP contribution in [0.25, 0.3) is 6.08 Å². The van der Waals surface area contributed by atoms with Crippen LogP contribution < -0.4 is 5.32 Å². The van der Waals surface area contributed by atoms with E-state index in [4.69, 9.17) is 12.2 Å². The minimum absolute atomic E-state index is 0.0615. The lowest BCUT2D eigenvalue weighted by Crippen LogP contribution is -2.50. The van der Waals surface area contributed by atoms with Gasteiger partial charge in [0.1, 0.15) is 10.4 Å². The van der Waals surface area contributed by atoms with Gasteiger partial charge in [-0.3, -0.25) is 14.5 Å². The first-order chi connectivity index (χ1) is 13.3. The van der Waals surface area contributed by atoms with Crippen molar-refractivity contribution < 1.29 is 18.0 Å². The molecule has 9 heteroatoms. The zero-order chi connectivity index (χ0) is 20.3. The van der Waals surface area contributed by atoms with Crippen LogP contribution in [0, 0.1) is 0 Å². The van der Waals surface area contributed by atoms with Gasteiger partial charge in [-0.25, -0.2) is 8.42 Å². The lowest BCUT2D eigenvalue weighted by Gasteiger charge is -2.23. The second-order valence-corrected chi connectivity index (χ2v) is 10.5. The summed E-state index contributed by atoms with van der Waals surface area (Å²) in [5.41, 5.74) is 1.01. The third-order valence-corrected chi connectivity index (χ3v) is 7.62. The Bertz CT molecular complexity index is 955. The monoisotopic (exact) mass is 436 g/mol. The van der Waals surface area contributed by atoms with Gasteiger partial charge in [-0.2, -0.15) is 0 Å². The van der Waals surface area contributed by atoms with E-state index in [-0.39, 0.29) is 17.4 Å². The largest absolute Gasteiger partial charge is 0.351 e. The molecule has 2 saturated heterocycles. The molecular weight excluding hydrogens is 416 g/mol. The topological polar surface area (TPSA) is 83.6 Å². The van der Waals surface area contributed by atoms with Crippen molar-refractivity contribution in [2.45, 2.75) is 25.4 Å². The Balaban J connectivity index is 1.64. The molecule has 1 N–H and O–H groups in total. The second kappa shape index (κ2) is 8.59. The summed E-state index contributed by atoms with van der Waals surface area (Å²) < 4.78 is 23.4. The van der Waals surface area contributed by atoms with Gasteiger partial charge >= 0.3 is 0 Å². The molecule has 0 spiro atoms. The molecule has 2 heterocycles. The fraction of sp³-hybridized carbons (Fsp3) is 0.316. The molecule has 0 aromatic heterocycles. The molecular formula is C19H20N2O4S3. The first kappa shape index (κ1) is 20.8. The number of thiocarbonyl (C=S) groups is 1. The molecule has 2 unspecified atom stereocenters. The van der Waals surface area contributed by atoms with E-state index in [0.717, 1.165) is 17.3 Å². The van der Waals surface area contributed by atoms with E-state index in [9.17, 15) is 18.0 Å². The second-order valence-electron chi connectivity index (χ2n) is 6.63. The van der Waals surface area contributed by atoms with Crippen LogP contribution in [0.3, 0.4) is 0 Å². The molecule has 2 aliphatic heterocycles. The third-order valence-electron chi connectivity index (χ3n) is 4.50. The highest BCUT2D eigenvalue weighted by atomic mass is 32.2. The van der Waals surface area contributed by atoms with E-state index in [1.54, 1.807) is 19.1 Å². The maximum atomic E-state index is 12.7. The average Bonchev–Trinajstić information content (AvgIpc) is 3.13. The fourth-order valence-corrected chi connectivity index (χ4v) is 6.03. The lowest BCUT2D eigenvalue weighted by atomic mass is 10.2. The SMILES string of the molecule is CC(C(=O)NC1CCS(=O)(=O)C1)N1C(=O)C(=CC=Cc2ccccc2)SC1=S. The fourth-order valence-electron chi connectivity index (χ4n) is 2.99. The van der Waals surface area contributed by atoms with E-state index < -0.39 is 27.8 Å². The number of amides is 2. The van der Waals surface area contributed by atoms with Crippen LogP contribution in [0.15, 0.2) is 47.4 Å². The number of nitrogens with zero attached hydrogens (tertiary/aromatic N) is 1. The summed E-state index contributed by atoms with van der Waals surface area (Å²) in [6.07, 6.45) is 5.73. The number of rotatable bonds is 5. The molecule has 6 nitrogen and oxygen atoms in total. The maximum Gasteiger partial charge on any atom is 0.266 e. The Labute approximate surface area is 174 Å². The van der Waals surface area contributed by atoms with E-state index in [1.165, 1.54) is 4.90 Å². The van der Waals surface area contributed by atoms with E-state index in [1.807, 2.05) is 36.4 Å². The molecule has 0 saturated carbocycles. The average molecular weight is 437 g/mol. The van der Waals surface area contributed by atoms with Crippen molar-refractivity contribution in [3.8, 4) is 0 Å². The van der Waals surface area contributed by atoms with Crippen molar-refractivity contribution >= 4 is 56.0 Å². The smallest absolute Gasteiger partial charge is 0.266 e. The van der Waals surface area contributed by atoms with Crippen LogP contribution in [0.4, 0.5) is 0 Å². The number of hydrogen-bond donors (Lipinski definition) is 1. The summed E-state index contributed by atoms with van der Waals surface area (Å²) >= 11 is 6.43. The summed E-state index contributed by atoms with van der Waals surface area (Å²) in [7, 11) is -3.09. The van der Waals surface area contributed by atoms with Crippen LogP contribution in [-0.2, 0) is 19.4 Å². The zero-order valence-electron chi connectivity index (χ0n) is 15.2. The Morgan fingerprint density at radius 1 is 1.36 bits per heavy atom. The van der Waals surface area contributed by atoms with Gasteiger partial charge in [0, 0.05) is 6.04 Å². The molecule has 1 aromatic carbocycles. The molecule has 0 radical (unpaired) electrons. The van der Waals surface area contributed by atoms with E-state index >= 15 is 0 Å². The molecule has 2 fully saturated rings. The van der Waals surface area contributed by atoms with Gasteiger partial charge in [0.05, 0.1) is 16.4 Å². The quantitative estimate of drug-likeness (QED) is 0.562. The Kier molecular flexibility index (Phi) is 6.36. The first-order valence-electron chi connectivity index (χ1n) is 8.76. The summed E-state index contributed by atoms with van der Waals surface area (Å²) in [6, 6.07) is 8.46. The summed E-state index contributed by atoms with van der Waals surface area (Å²) in [5.74, 6) is -0.716. The maximum absolute atomic E-state index is 12.7. The predicted octanol–water partition coefficient (Wildman–Crippen LogP) is 2.14. The summed E-state index contributed by atoms with van der Waals surface area (Å²) in [5, 5.41) is 2.72. The van der Waals surface area contributed by atoms with E-state index in [0.29, 0.717) is 15.6 Å². The third kappa shape index (κ3) is 4.89. The summed E-state index contributed by atoms with van der Waals surface area (Å²) in [4.78, 5) is 26.9. The molecule has 28 heavy (non-hydrogen) atoms. The van der Waals surface area contributed by atoms with Crippen molar-refractivity contribution in [3.63, 3.8) is 0 Å². The van der Waals surface area contributed by atoms with Gasteiger partial charge in [0.25, 0.3) is 5.91 Å². The standard InChI is InChI=1S/C19H20N2O4S3/c1-13(17(22)20-15-10-11-28(24,25)12-15)21-18(23)16(27-19(21)26)9-5-8-14-6-3-2-4-7-14/h2-9,13,15H,10-12H2,1H3,(H,20,22). The number of benzene rings is 1. The van der Waals surface area contributed by atoms with Gasteiger partial charge in [-0.1, -0.05) is 66.5 Å². The minimum Gasteiger partial charge on any atom is -0.351 e. The van der Waals surface area contributed by atoms with Gasteiger partial charge in [-0.05, 0) is 25.0 Å². The van der Waals surface area contributed by atoms with Gasteiger partial charge in [0.2, 0.25) is 5.91 Å².